The highest BCUT2D eigenvalue weighted by Crippen LogP contribution is 2.32. The van der Waals surface area contributed by atoms with Crippen LogP contribution in [0.25, 0.3) is 0 Å². The van der Waals surface area contributed by atoms with Gasteiger partial charge < -0.3 is 47.6 Å². The number of benzene rings is 2. The van der Waals surface area contributed by atoms with E-state index in [4.69, 9.17) is 26.6 Å². The molecule has 2 atom stereocenters. The van der Waals surface area contributed by atoms with Crippen molar-refractivity contribution < 1.29 is 42.0 Å². The van der Waals surface area contributed by atoms with Gasteiger partial charge in [0.1, 0.15) is 18.4 Å². The minimum absolute atomic E-state index is 0.0285. The summed E-state index contributed by atoms with van der Waals surface area (Å²) in [5, 5.41) is 17.9. The predicted octanol–water partition coefficient (Wildman–Crippen LogP) is -0.330. The van der Waals surface area contributed by atoms with Crippen LogP contribution < -0.4 is 43.4 Å². The van der Waals surface area contributed by atoms with Crippen LogP contribution in [0.3, 0.4) is 0 Å². The largest absolute Gasteiger partial charge is 0.492 e. The van der Waals surface area contributed by atoms with E-state index in [1.54, 1.807) is 32.0 Å². The minimum Gasteiger partial charge on any atom is -0.491 e. The quantitative estimate of drug-likeness (QED) is 0.149. The molecule has 2 aromatic rings. The van der Waals surface area contributed by atoms with E-state index in [0.29, 0.717) is 16.7 Å². The Balaban J connectivity index is 1.71. The van der Waals surface area contributed by atoms with E-state index in [2.05, 4.69) is 16.0 Å². The molecule has 0 fully saturated rings. The van der Waals surface area contributed by atoms with Gasteiger partial charge in [-0.15, -0.1) is 0 Å². The van der Waals surface area contributed by atoms with Gasteiger partial charge in [-0.1, -0.05) is 6.07 Å². The van der Waals surface area contributed by atoms with Gasteiger partial charge >= 0.3 is 13.3 Å². The fourth-order valence-corrected chi connectivity index (χ4v) is 4.32. The Labute approximate surface area is 247 Å². The summed E-state index contributed by atoms with van der Waals surface area (Å²) in [7, 11) is -1.13. The third kappa shape index (κ3) is 9.14. The first-order valence-electron chi connectivity index (χ1n) is 13.5. The Morgan fingerprint density at radius 1 is 1.05 bits per heavy atom. The number of hydrogen-bond donors (Lipinski definition) is 7. The molecule has 3 rings (SSSR count). The number of carbonyl (C=O) groups is 3. The van der Waals surface area contributed by atoms with Crippen LogP contribution in [0.2, 0.25) is 0 Å². The molecule has 10 N–H and O–H groups in total. The second kappa shape index (κ2) is 14.2. The molecule has 0 aromatic heterocycles. The molecule has 16 heteroatoms. The smallest absolute Gasteiger partial charge is 0.491 e. The molecule has 0 radical (unpaired) electrons. The van der Waals surface area contributed by atoms with Gasteiger partial charge in [0.2, 0.25) is 11.8 Å². The van der Waals surface area contributed by atoms with Crippen LogP contribution in [0.15, 0.2) is 42.5 Å². The van der Waals surface area contributed by atoms with Crippen LogP contribution in [-0.2, 0) is 30.8 Å². The third-order valence-electron chi connectivity index (χ3n) is 6.83. The van der Waals surface area contributed by atoms with Crippen molar-refractivity contribution in [1.82, 2.24) is 10.6 Å². The molecular weight excluding hydrogens is 572 g/mol. The van der Waals surface area contributed by atoms with Gasteiger partial charge in [-0.2, -0.15) is 13.2 Å². The van der Waals surface area contributed by atoms with Crippen LogP contribution in [-0.4, -0.2) is 67.7 Å². The Morgan fingerprint density at radius 3 is 2.30 bits per heavy atom. The van der Waals surface area contributed by atoms with E-state index < -0.39 is 66.9 Å². The highest BCUT2D eigenvalue weighted by molar-refractivity contribution is 6.62. The molecule has 1 aliphatic rings. The van der Waals surface area contributed by atoms with Gasteiger partial charge in [-0.3, -0.25) is 14.4 Å². The number of rotatable bonds is 13. The molecule has 0 bridgehead atoms. The number of ether oxygens (including phenoxy) is 1. The number of amides is 3. The summed E-state index contributed by atoms with van der Waals surface area (Å²) in [6.45, 7) is 3.33. The maximum atomic E-state index is 13.3. The molecule has 12 nitrogen and oxygen atoms in total. The number of hydrogen-bond acceptors (Lipinski definition) is 9. The van der Waals surface area contributed by atoms with E-state index >= 15 is 0 Å². The number of nitrogens with one attached hydrogen (secondary N) is 3. The van der Waals surface area contributed by atoms with Crippen LogP contribution in [0.1, 0.15) is 37.8 Å². The number of alkyl halides is 3. The van der Waals surface area contributed by atoms with Crippen LogP contribution in [0.4, 0.5) is 18.9 Å². The van der Waals surface area contributed by atoms with Gasteiger partial charge in [-0.05, 0) is 67.7 Å². The molecule has 1 aliphatic heterocycles. The fourth-order valence-electron chi connectivity index (χ4n) is 4.32. The summed E-state index contributed by atoms with van der Waals surface area (Å²) in [6.07, 6.45) is -4.71. The van der Waals surface area contributed by atoms with Crippen LogP contribution >= 0.6 is 0 Å². The minimum atomic E-state index is -4.54. The van der Waals surface area contributed by atoms with Crippen LogP contribution in [0.5, 0.6) is 5.75 Å². The number of anilines is 1. The van der Waals surface area contributed by atoms with Gasteiger partial charge in [0.15, 0.2) is 0 Å². The lowest BCUT2D eigenvalue weighted by molar-refractivity contribution is -0.137. The Bertz CT molecular complexity index is 1290. The number of nitrogens with two attached hydrogens (primary N) is 3. The Kier molecular flexibility index (Phi) is 11.2. The predicted molar refractivity (Wildman–Crippen MR) is 153 cm³/mol. The highest BCUT2D eigenvalue weighted by Gasteiger charge is 2.40. The van der Waals surface area contributed by atoms with Crippen molar-refractivity contribution in [2.45, 2.75) is 56.6 Å². The SMILES string of the molecule is CC1(C)OB(O)c2ccc(NC(=O)C(COc3ccc(C(F)(F)F)cc3)NC(=O)C(N)CCC(=O)NC(CN)CN)cc21. The van der Waals surface area contributed by atoms with E-state index in [-0.39, 0.29) is 31.7 Å². The molecular formula is C27H36BF3N6O6. The molecule has 0 spiro atoms. The van der Waals surface area contributed by atoms with Crippen molar-refractivity contribution in [1.29, 1.82) is 0 Å². The normalized spacial score (nSPS) is 15.4. The molecule has 3 amide bonds. The second-order valence-corrected chi connectivity index (χ2v) is 10.5. The van der Waals surface area contributed by atoms with E-state index in [1.807, 2.05) is 0 Å². The molecule has 2 aromatic carbocycles. The van der Waals surface area contributed by atoms with Gasteiger partial charge in [-0.25, -0.2) is 0 Å². The van der Waals surface area contributed by atoms with Crippen LogP contribution in [0, 0.1) is 0 Å². The molecule has 234 valence electrons. The van der Waals surface area contributed by atoms with Crippen molar-refractivity contribution in [2.75, 3.05) is 25.0 Å². The van der Waals surface area contributed by atoms with Gasteiger partial charge in [0.25, 0.3) is 5.91 Å². The summed E-state index contributed by atoms with van der Waals surface area (Å²) >= 11 is 0. The third-order valence-corrected chi connectivity index (χ3v) is 6.83. The van der Waals surface area contributed by atoms with E-state index in [0.717, 1.165) is 24.3 Å². The Morgan fingerprint density at radius 2 is 1.70 bits per heavy atom. The maximum Gasteiger partial charge on any atom is 0.492 e. The van der Waals surface area contributed by atoms with E-state index in [1.165, 1.54) is 0 Å². The summed E-state index contributed by atoms with van der Waals surface area (Å²) in [5.41, 5.74) is 16.8. The summed E-state index contributed by atoms with van der Waals surface area (Å²) in [5.74, 6) is -1.85. The molecule has 0 saturated carbocycles. The number of carbonyl (C=O) groups excluding carboxylic acids is 3. The van der Waals surface area contributed by atoms with Crippen molar-refractivity contribution in [3.8, 4) is 5.75 Å². The summed E-state index contributed by atoms with van der Waals surface area (Å²) < 4.78 is 49.8. The number of fused-ring (bicyclic) bond motifs is 1. The number of halogens is 3. The molecule has 0 saturated heterocycles. The van der Waals surface area contributed by atoms with Crippen molar-refractivity contribution in [2.24, 2.45) is 17.2 Å². The second-order valence-electron chi connectivity index (χ2n) is 10.5. The first-order chi connectivity index (χ1) is 20.1. The molecule has 2 unspecified atom stereocenters. The maximum absolute atomic E-state index is 13.3. The molecule has 1 heterocycles. The summed E-state index contributed by atoms with van der Waals surface area (Å²) in [4.78, 5) is 38.3. The zero-order chi connectivity index (χ0) is 31.9. The fraction of sp³-hybridized carbons (Fsp3) is 0.444. The van der Waals surface area contributed by atoms with Crippen molar-refractivity contribution in [3.05, 3.63) is 53.6 Å². The first-order valence-corrected chi connectivity index (χ1v) is 13.5. The lowest BCUT2D eigenvalue weighted by Gasteiger charge is -2.23. The topological polar surface area (TPSA) is 204 Å². The van der Waals surface area contributed by atoms with Crippen molar-refractivity contribution >= 4 is 36.0 Å². The van der Waals surface area contributed by atoms with Crippen molar-refractivity contribution in [3.63, 3.8) is 0 Å². The lowest BCUT2D eigenvalue weighted by Crippen LogP contribution is -2.52. The van der Waals surface area contributed by atoms with Gasteiger partial charge in [0, 0.05) is 25.2 Å². The molecule has 43 heavy (non-hydrogen) atoms. The standard InChI is InChI=1S/C27H36BF3N6O6/c1-26(2)19-11-16(5-8-20(19)28(41)43-26)36-25(40)22(14-42-18-6-3-15(4-7-18)27(29,30)31)37-24(39)21(34)9-10-23(38)35-17(12-32)13-33/h3-8,11,17,21-22,41H,9-10,12-14,32-34H2,1-2H3,(H,35,38)(H,36,40)(H,37,39). The lowest BCUT2D eigenvalue weighted by atomic mass is 9.78. The van der Waals surface area contributed by atoms with Gasteiger partial charge in [0.05, 0.1) is 23.2 Å². The highest BCUT2D eigenvalue weighted by atomic mass is 19.4. The Hall–Kier alpha value is -3.70. The van der Waals surface area contributed by atoms with E-state index in [9.17, 15) is 32.6 Å². The average molecular weight is 608 g/mol. The summed E-state index contributed by atoms with van der Waals surface area (Å²) in [6, 6.07) is 5.66. The zero-order valence-electron chi connectivity index (χ0n) is 23.7. The monoisotopic (exact) mass is 608 g/mol. The average Bonchev–Trinajstić information content (AvgIpc) is 3.18. The molecule has 0 aliphatic carbocycles. The first kappa shape index (κ1) is 33.8. The zero-order valence-corrected chi connectivity index (χ0v) is 23.7.